The second kappa shape index (κ2) is 11.5. The van der Waals surface area contributed by atoms with Crippen LogP contribution in [0, 0.1) is 0 Å². The molecule has 19 heavy (non-hydrogen) atoms. The minimum atomic E-state index is 0.541. The van der Waals surface area contributed by atoms with Crippen molar-refractivity contribution in [3.63, 3.8) is 0 Å². The van der Waals surface area contributed by atoms with E-state index < -0.39 is 0 Å². The van der Waals surface area contributed by atoms with Gasteiger partial charge in [0.05, 0.1) is 13.2 Å². The van der Waals surface area contributed by atoms with Crippen molar-refractivity contribution in [1.29, 1.82) is 0 Å². The minimum Gasteiger partial charge on any atom is -0.379 e. The molecule has 1 heterocycles. The smallest absolute Gasteiger partial charge is 0.0623 e. The molecule has 1 unspecified atom stereocenters. The molecule has 0 aromatic heterocycles. The van der Waals surface area contributed by atoms with E-state index in [-0.39, 0.29) is 0 Å². The second-order valence-corrected chi connectivity index (χ2v) is 5.89. The molecule has 1 fully saturated rings. The van der Waals surface area contributed by atoms with E-state index in [2.05, 4.69) is 25.2 Å². The highest BCUT2D eigenvalue weighted by Crippen LogP contribution is 2.12. The first kappa shape index (κ1) is 16.7. The maximum atomic E-state index is 5.48. The van der Waals surface area contributed by atoms with Crippen LogP contribution in [0.3, 0.4) is 0 Å². The van der Waals surface area contributed by atoms with Gasteiger partial charge < -0.3 is 10.1 Å². The van der Waals surface area contributed by atoms with Gasteiger partial charge in [-0.15, -0.1) is 0 Å². The van der Waals surface area contributed by atoms with Crippen LogP contribution in [0.5, 0.6) is 0 Å². The summed E-state index contributed by atoms with van der Waals surface area (Å²) in [4.78, 5) is 0. The van der Waals surface area contributed by atoms with Crippen molar-refractivity contribution in [2.75, 3.05) is 19.8 Å². The quantitative estimate of drug-likeness (QED) is 0.466. The van der Waals surface area contributed by atoms with Crippen molar-refractivity contribution < 1.29 is 4.74 Å². The molecule has 112 valence electrons. The molecule has 2 heteroatoms. The van der Waals surface area contributed by atoms with Crippen LogP contribution in [-0.2, 0) is 4.74 Å². The molecule has 1 saturated heterocycles. The Hall–Kier alpha value is -0.340. The monoisotopic (exact) mass is 267 g/mol. The van der Waals surface area contributed by atoms with Gasteiger partial charge >= 0.3 is 0 Å². The van der Waals surface area contributed by atoms with Crippen LogP contribution in [0.1, 0.15) is 71.6 Å². The lowest BCUT2D eigenvalue weighted by molar-refractivity contribution is 0.0770. The maximum Gasteiger partial charge on any atom is 0.0623 e. The van der Waals surface area contributed by atoms with Crippen molar-refractivity contribution >= 4 is 0 Å². The topological polar surface area (TPSA) is 21.3 Å². The van der Waals surface area contributed by atoms with E-state index in [0.717, 1.165) is 26.2 Å². The molecule has 0 bridgehead atoms. The fourth-order valence-corrected chi connectivity index (χ4v) is 2.67. The molecule has 0 aromatic carbocycles. The Morgan fingerprint density at radius 2 is 1.89 bits per heavy atom. The molecular weight excluding hydrogens is 234 g/mol. The van der Waals surface area contributed by atoms with Crippen molar-refractivity contribution in [1.82, 2.24) is 5.32 Å². The highest BCUT2D eigenvalue weighted by atomic mass is 16.5. The Balaban J connectivity index is 1.95. The SMILES string of the molecule is CCCCCCCCC/C=C(/C)CC1COCCN1. The van der Waals surface area contributed by atoms with E-state index >= 15 is 0 Å². The summed E-state index contributed by atoms with van der Waals surface area (Å²) >= 11 is 0. The average Bonchev–Trinajstić information content (AvgIpc) is 2.43. The van der Waals surface area contributed by atoms with Crippen molar-refractivity contribution in [3.05, 3.63) is 11.6 Å². The van der Waals surface area contributed by atoms with Crippen LogP contribution in [-0.4, -0.2) is 25.8 Å². The van der Waals surface area contributed by atoms with Crippen LogP contribution in [0.2, 0.25) is 0 Å². The van der Waals surface area contributed by atoms with Crippen molar-refractivity contribution in [2.45, 2.75) is 77.7 Å². The molecule has 0 saturated carbocycles. The highest BCUT2D eigenvalue weighted by Gasteiger charge is 2.12. The molecular formula is C17H33NO. The minimum absolute atomic E-state index is 0.541. The number of ether oxygens (including phenoxy) is 1. The van der Waals surface area contributed by atoms with Crippen molar-refractivity contribution in [2.24, 2.45) is 0 Å². The second-order valence-electron chi connectivity index (χ2n) is 5.89. The lowest BCUT2D eigenvalue weighted by Gasteiger charge is -2.24. The summed E-state index contributed by atoms with van der Waals surface area (Å²) in [6.45, 7) is 7.30. The van der Waals surface area contributed by atoms with Gasteiger partial charge in [-0.05, 0) is 26.2 Å². The first-order valence-electron chi connectivity index (χ1n) is 8.29. The first-order valence-corrected chi connectivity index (χ1v) is 8.29. The average molecular weight is 267 g/mol. The van der Waals surface area contributed by atoms with E-state index in [1.807, 2.05) is 0 Å². The van der Waals surface area contributed by atoms with Gasteiger partial charge in [-0.2, -0.15) is 0 Å². The van der Waals surface area contributed by atoms with Gasteiger partial charge in [0.1, 0.15) is 0 Å². The number of unbranched alkanes of at least 4 members (excludes halogenated alkanes) is 7. The van der Waals surface area contributed by atoms with E-state index in [9.17, 15) is 0 Å². The lowest BCUT2D eigenvalue weighted by atomic mass is 10.0. The molecule has 1 aliphatic heterocycles. The third-order valence-electron chi connectivity index (χ3n) is 3.87. The van der Waals surface area contributed by atoms with Gasteiger partial charge in [-0.3, -0.25) is 0 Å². The maximum absolute atomic E-state index is 5.48. The van der Waals surface area contributed by atoms with Crippen LogP contribution in [0.4, 0.5) is 0 Å². The van der Waals surface area contributed by atoms with Crippen molar-refractivity contribution in [3.8, 4) is 0 Å². The number of nitrogens with one attached hydrogen (secondary N) is 1. The zero-order valence-corrected chi connectivity index (χ0v) is 13.0. The van der Waals surface area contributed by atoms with Crippen LogP contribution >= 0.6 is 0 Å². The molecule has 0 radical (unpaired) electrons. The lowest BCUT2D eigenvalue weighted by Crippen LogP contribution is -2.41. The summed E-state index contributed by atoms with van der Waals surface area (Å²) in [5.74, 6) is 0. The normalized spacial score (nSPS) is 20.7. The van der Waals surface area contributed by atoms with Gasteiger partial charge in [-0.25, -0.2) is 0 Å². The summed E-state index contributed by atoms with van der Waals surface area (Å²) in [5.41, 5.74) is 1.52. The zero-order valence-electron chi connectivity index (χ0n) is 13.0. The van der Waals surface area contributed by atoms with Gasteiger partial charge in [-0.1, -0.05) is 57.1 Å². The van der Waals surface area contributed by atoms with E-state index in [0.29, 0.717) is 6.04 Å². The number of morpholine rings is 1. The molecule has 2 nitrogen and oxygen atoms in total. The first-order chi connectivity index (χ1) is 9.33. The number of rotatable bonds is 10. The van der Waals surface area contributed by atoms with Crippen LogP contribution in [0.25, 0.3) is 0 Å². The van der Waals surface area contributed by atoms with E-state index in [1.165, 1.54) is 56.9 Å². The molecule has 1 atom stereocenters. The summed E-state index contributed by atoms with van der Waals surface area (Å²) in [7, 11) is 0. The highest BCUT2D eigenvalue weighted by molar-refractivity contribution is 5.01. The summed E-state index contributed by atoms with van der Waals surface area (Å²) in [6, 6.07) is 0.541. The third-order valence-corrected chi connectivity index (χ3v) is 3.87. The molecule has 1 aliphatic rings. The molecule has 0 aliphatic carbocycles. The zero-order chi connectivity index (χ0) is 13.8. The van der Waals surface area contributed by atoms with Gasteiger partial charge in [0, 0.05) is 12.6 Å². The third kappa shape index (κ3) is 9.23. The molecule has 0 aromatic rings. The number of allylic oxidation sites excluding steroid dienone is 1. The van der Waals surface area contributed by atoms with E-state index in [1.54, 1.807) is 0 Å². The Kier molecular flexibility index (Phi) is 10.1. The van der Waals surface area contributed by atoms with Crippen LogP contribution in [0.15, 0.2) is 11.6 Å². The fourth-order valence-electron chi connectivity index (χ4n) is 2.67. The Bertz CT molecular complexity index is 231. The summed E-state index contributed by atoms with van der Waals surface area (Å²) in [6.07, 6.45) is 14.6. The van der Waals surface area contributed by atoms with Gasteiger partial charge in [0.15, 0.2) is 0 Å². The van der Waals surface area contributed by atoms with Crippen LogP contribution < -0.4 is 5.32 Å². The summed E-state index contributed by atoms with van der Waals surface area (Å²) < 4.78 is 5.48. The van der Waals surface area contributed by atoms with Gasteiger partial charge in [0.25, 0.3) is 0 Å². The Labute approximate surface area is 120 Å². The molecule has 0 spiro atoms. The molecule has 1 N–H and O–H groups in total. The Morgan fingerprint density at radius 1 is 1.16 bits per heavy atom. The molecule has 1 rings (SSSR count). The number of hydrogen-bond donors (Lipinski definition) is 1. The number of hydrogen-bond acceptors (Lipinski definition) is 2. The molecule has 0 amide bonds. The van der Waals surface area contributed by atoms with Gasteiger partial charge in [0.2, 0.25) is 0 Å². The predicted molar refractivity (Wildman–Crippen MR) is 83.6 cm³/mol. The Morgan fingerprint density at radius 3 is 2.58 bits per heavy atom. The fraction of sp³-hybridized carbons (Fsp3) is 0.882. The van der Waals surface area contributed by atoms with E-state index in [4.69, 9.17) is 4.74 Å². The largest absolute Gasteiger partial charge is 0.379 e. The predicted octanol–water partition coefficient (Wildman–Crippen LogP) is 4.45. The standard InChI is InChI=1S/C17H33NO/c1-3-4-5-6-7-8-9-10-11-16(2)14-17-15-19-13-12-18-17/h11,17-18H,3-10,12-15H2,1-2H3/b16-11-. The summed E-state index contributed by atoms with van der Waals surface area (Å²) in [5, 5.41) is 3.51.